The first-order valence-electron chi connectivity index (χ1n) is 13.5. The number of nitrogens with zero attached hydrogens (tertiary/aromatic N) is 3. The number of anilines is 1. The molecule has 2 N–H and O–H groups in total. The first-order valence-corrected chi connectivity index (χ1v) is 15.5. The number of hydrogen-bond donors (Lipinski definition) is 2. The predicted molar refractivity (Wildman–Crippen MR) is 161 cm³/mol. The molecule has 3 amide bonds. The molecule has 0 spiro atoms. The summed E-state index contributed by atoms with van der Waals surface area (Å²) in [7, 11) is 0. The lowest BCUT2D eigenvalue weighted by molar-refractivity contribution is 0.0740. The predicted octanol–water partition coefficient (Wildman–Crippen LogP) is 7.17. The van der Waals surface area contributed by atoms with Crippen LogP contribution in [0.2, 0.25) is 10.0 Å². The summed E-state index contributed by atoms with van der Waals surface area (Å²) >= 11 is 18.6. The molecular formula is C29H25Cl3F2N4O4S. The van der Waals surface area contributed by atoms with E-state index in [2.05, 4.69) is 0 Å². The number of phenols is 1. The van der Waals surface area contributed by atoms with Crippen molar-refractivity contribution in [1.29, 1.82) is 0 Å². The number of rotatable bonds is 6. The Morgan fingerprint density at radius 2 is 1.72 bits per heavy atom. The van der Waals surface area contributed by atoms with Crippen LogP contribution in [0.15, 0.2) is 51.0 Å². The number of aromatic nitrogens is 1. The number of alkyl halides is 3. The van der Waals surface area contributed by atoms with Gasteiger partial charge >= 0.3 is 11.4 Å². The third kappa shape index (κ3) is 5.68. The van der Waals surface area contributed by atoms with Crippen LogP contribution in [-0.2, 0) is 18.5 Å². The Morgan fingerprint density at radius 3 is 2.35 bits per heavy atom. The van der Waals surface area contributed by atoms with Gasteiger partial charge in [0, 0.05) is 41.5 Å². The number of nitrogens with one attached hydrogen (secondary N) is 1. The number of pyridine rings is 1. The molecule has 2 fully saturated rings. The molecule has 2 aromatic carbocycles. The summed E-state index contributed by atoms with van der Waals surface area (Å²) in [4.78, 5) is 47.4. The van der Waals surface area contributed by atoms with E-state index in [0.717, 1.165) is 37.1 Å². The van der Waals surface area contributed by atoms with Gasteiger partial charge in [0.25, 0.3) is 11.5 Å². The normalized spacial score (nSPS) is 18.8. The third-order valence-corrected chi connectivity index (χ3v) is 10.1. The molecule has 8 nitrogen and oxygen atoms in total. The Bertz CT molecular complexity index is 1690. The number of hydrogen-bond acceptors (Lipinski definition) is 5. The second kappa shape index (κ2) is 11.2. The summed E-state index contributed by atoms with van der Waals surface area (Å²) in [5.74, 6) is -0.821. The van der Waals surface area contributed by atoms with E-state index in [9.17, 15) is 28.3 Å². The third-order valence-electron chi connectivity index (χ3n) is 7.88. The Hall–Kier alpha value is -2.99. The molecule has 43 heavy (non-hydrogen) atoms. The monoisotopic (exact) mass is 668 g/mol. The largest absolute Gasteiger partial charge is 0.506 e. The highest BCUT2D eigenvalue weighted by molar-refractivity contribution is 7.99. The molecule has 226 valence electrons. The lowest BCUT2D eigenvalue weighted by Crippen LogP contribution is -2.54. The molecule has 0 radical (unpaired) electrons. The Kier molecular flexibility index (Phi) is 7.81. The van der Waals surface area contributed by atoms with Crippen molar-refractivity contribution in [3.05, 3.63) is 79.2 Å². The molecule has 1 aliphatic carbocycles. The van der Waals surface area contributed by atoms with Gasteiger partial charge in [-0.3, -0.25) is 14.5 Å². The molecule has 1 atom stereocenters. The maximum atomic E-state index is 14.1. The minimum atomic E-state index is -3.91. The summed E-state index contributed by atoms with van der Waals surface area (Å²) in [6, 6.07) is 8.77. The summed E-state index contributed by atoms with van der Waals surface area (Å²) in [6.07, 6.45) is 2.68. The van der Waals surface area contributed by atoms with Crippen LogP contribution in [0.1, 0.15) is 53.4 Å². The average molecular weight is 670 g/mol. The number of aromatic hydroxyl groups is 1. The highest BCUT2D eigenvalue weighted by Gasteiger charge is 2.41. The van der Waals surface area contributed by atoms with Crippen molar-refractivity contribution < 1.29 is 23.5 Å². The standard InChI is InChI=1S/C29H25Cl3F2N4O4S/c1-14-7-8-37(17-5-6-17)28(42)38(14)20-9-15-12-36(13-16(15)10-21(20)39)27(41)24-22(11-23(29(32,33)34)35-26(24)40)43-25-18(30)3-2-4-19(25)31/h2-4,9-11,14,17,39H,5-8,12-13H2,1H3,(H,35,40). The number of fused-ring (bicyclic) bond motifs is 1. The highest BCUT2D eigenvalue weighted by atomic mass is 35.5. The Morgan fingerprint density at radius 1 is 1.07 bits per heavy atom. The molecule has 3 aliphatic rings. The number of carbonyl (C=O) groups is 2. The minimum Gasteiger partial charge on any atom is -0.506 e. The van der Waals surface area contributed by atoms with Gasteiger partial charge in [0.15, 0.2) is 0 Å². The number of benzene rings is 2. The lowest BCUT2D eigenvalue weighted by atomic mass is 10.0. The van der Waals surface area contributed by atoms with E-state index in [1.54, 1.807) is 29.2 Å². The van der Waals surface area contributed by atoms with E-state index >= 15 is 0 Å². The smallest absolute Gasteiger partial charge is 0.362 e. The van der Waals surface area contributed by atoms with Crippen molar-refractivity contribution >= 4 is 64.2 Å². The fraction of sp³-hybridized carbons (Fsp3) is 0.345. The molecule has 1 unspecified atom stereocenters. The van der Waals surface area contributed by atoms with Gasteiger partial charge in [-0.2, -0.15) is 8.78 Å². The quantitative estimate of drug-likeness (QED) is 0.272. The average Bonchev–Trinajstić information content (AvgIpc) is 3.69. The van der Waals surface area contributed by atoms with Gasteiger partial charge in [0.05, 0.1) is 15.7 Å². The topological polar surface area (TPSA) is 96.9 Å². The van der Waals surface area contributed by atoms with Crippen molar-refractivity contribution in [3.8, 4) is 5.75 Å². The zero-order valence-corrected chi connectivity index (χ0v) is 25.8. The van der Waals surface area contributed by atoms with Crippen LogP contribution in [0.4, 0.5) is 19.3 Å². The number of carbonyl (C=O) groups excluding carboxylic acids is 2. The van der Waals surface area contributed by atoms with E-state index in [1.807, 2.05) is 16.8 Å². The van der Waals surface area contributed by atoms with E-state index < -0.39 is 22.5 Å². The molecular weight excluding hydrogens is 645 g/mol. The molecule has 1 saturated carbocycles. The van der Waals surface area contributed by atoms with Crippen LogP contribution in [0.25, 0.3) is 0 Å². The van der Waals surface area contributed by atoms with Crippen molar-refractivity contribution in [1.82, 2.24) is 14.8 Å². The molecule has 1 aromatic heterocycles. The Balaban J connectivity index is 1.33. The second-order valence-corrected chi connectivity index (χ2v) is 13.2. The Labute approximate surface area is 264 Å². The number of phenolic OH excluding ortho intramolecular Hbond substituents is 1. The summed E-state index contributed by atoms with van der Waals surface area (Å²) < 4.78 is 28.1. The van der Waals surface area contributed by atoms with Gasteiger partial charge in [-0.05, 0) is 79.2 Å². The number of amides is 3. The van der Waals surface area contributed by atoms with Gasteiger partial charge in [-0.1, -0.05) is 41.0 Å². The zero-order valence-electron chi connectivity index (χ0n) is 22.7. The number of aromatic amines is 1. The molecule has 0 bridgehead atoms. The first kappa shape index (κ1) is 30.1. The summed E-state index contributed by atoms with van der Waals surface area (Å²) in [5, 5.41) is 7.47. The van der Waals surface area contributed by atoms with Crippen LogP contribution < -0.4 is 10.5 Å². The maximum absolute atomic E-state index is 14.1. The van der Waals surface area contributed by atoms with E-state index in [1.165, 1.54) is 11.0 Å². The lowest BCUT2D eigenvalue weighted by Gasteiger charge is -2.40. The number of urea groups is 1. The van der Waals surface area contributed by atoms with Crippen LogP contribution in [-0.4, -0.2) is 50.5 Å². The van der Waals surface area contributed by atoms with Gasteiger partial charge in [0.2, 0.25) is 0 Å². The van der Waals surface area contributed by atoms with E-state index in [-0.39, 0.29) is 62.4 Å². The number of H-pyrrole nitrogens is 1. The van der Waals surface area contributed by atoms with Crippen LogP contribution in [0, 0.1) is 0 Å². The molecule has 6 rings (SSSR count). The highest BCUT2D eigenvalue weighted by Crippen LogP contribution is 2.43. The minimum absolute atomic E-state index is 0.0452. The van der Waals surface area contributed by atoms with Crippen molar-refractivity contribution in [2.45, 2.75) is 66.5 Å². The molecule has 2 aliphatic heterocycles. The van der Waals surface area contributed by atoms with Crippen molar-refractivity contribution in [3.63, 3.8) is 0 Å². The molecule has 1 saturated heterocycles. The fourth-order valence-electron chi connectivity index (χ4n) is 5.52. The molecule has 14 heteroatoms. The van der Waals surface area contributed by atoms with E-state index in [4.69, 9.17) is 34.8 Å². The molecule has 3 heterocycles. The SMILES string of the molecule is CC1CCN(C2CC2)C(=O)N1c1cc2c(cc1O)CN(C(=O)c1c(Sc3c(Cl)cccc3Cl)cc(C(F)(F)Cl)[nH]c1=O)C2. The zero-order chi connectivity index (χ0) is 30.8. The van der Waals surface area contributed by atoms with Crippen molar-refractivity contribution in [2.24, 2.45) is 0 Å². The fourth-order valence-corrected chi connectivity index (χ4v) is 7.26. The van der Waals surface area contributed by atoms with Gasteiger partial charge < -0.3 is 19.9 Å². The summed E-state index contributed by atoms with van der Waals surface area (Å²) in [6.45, 7) is 2.70. The van der Waals surface area contributed by atoms with Gasteiger partial charge in [-0.15, -0.1) is 0 Å². The van der Waals surface area contributed by atoms with Gasteiger partial charge in [-0.25, -0.2) is 4.79 Å². The van der Waals surface area contributed by atoms with Crippen LogP contribution in [0.5, 0.6) is 5.75 Å². The number of halogens is 5. The molecule has 3 aromatic rings. The van der Waals surface area contributed by atoms with Crippen molar-refractivity contribution in [2.75, 3.05) is 11.4 Å². The van der Waals surface area contributed by atoms with Gasteiger partial charge in [0.1, 0.15) is 17.0 Å². The van der Waals surface area contributed by atoms with E-state index in [0.29, 0.717) is 23.4 Å². The van der Waals surface area contributed by atoms with Crippen LogP contribution >= 0.6 is 46.6 Å². The second-order valence-electron chi connectivity index (χ2n) is 10.9. The van der Waals surface area contributed by atoms with Crippen LogP contribution in [0.3, 0.4) is 0 Å². The summed E-state index contributed by atoms with van der Waals surface area (Å²) in [5.41, 5.74) is -0.653. The first-order chi connectivity index (χ1) is 20.3. The maximum Gasteiger partial charge on any atom is 0.362 e.